The van der Waals surface area contributed by atoms with Gasteiger partial charge in [-0.15, -0.1) is 22.7 Å². The number of thiazole rings is 1. The van der Waals surface area contributed by atoms with Gasteiger partial charge in [0.05, 0.1) is 30.3 Å². The second kappa shape index (κ2) is 7.02. The van der Waals surface area contributed by atoms with Gasteiger partial charge in [-0.3, -0.25) is 19.3 Å². The first kappa shape index (κ1) is 19.2. The molecule has 0 bridgehead atoms. The molecule has 4 rings (SSSR count). The highest BCUT2D eigenvalue weighted by Gasteiger charge is 2.41. The van der Waals surface area contributed by atoms with Crippen molar-refractivity contribution in [1.29, 1.82) is 0 Å². The van der Waals surface area contributed by atoms with Crippen molar-refractivity contribution in [2.75, 3.05) is 11.9 Å². The van der Waals surface area contributed by atoms with E-state index in [0.717, 1.165) is 27.6 Å². The first-order valence-electron chi connectivity index (χ1n) is 8.11. The normalized spacial score (nSPS) is 17.8. The topological polar surface area (TPSA) is 163 Å². The number of hydrogen-bond acceptors (Lipinski definition) is 9. The van der Waals surface area contributed by atoms with Gasteiger partial charge in [0.2, 0.25) is 0 Å². The lowest BCUT2D eigenvalue weighted by Crippen LogP contribution is -2.40. The summed E-state index contributed by atoms with van der Waals surface area (Å²) in [5.74, 6) is -5.42. The molecule has 3 amide bonds. The predicted molar refractivity (Wildman–Crippen MR) is 97.3 cm³/mol. The molecule has 3 N–H and O–H groups in total. The highest BCUT2D eigenvalue weighted by atomic mass is 32.1. The van der Waals surface area contributed by atoms with Gasteiger partial charge in [-0.1, -0.05) is 0 Å². The molecule has 1 unspecified atom stereocenters. The molecule has 29 heavy (non-hydrogen) atoms. The van der Waals surface area contributed by atoms with Gasteiger partial charge in [0.1, 0.15) is 9.88 Å². The maximum atomic E-state index is 12.4. The number of amides is 3. The standard InChI is InChI=1S/C16H11N3O8S2/c20-11(16(25)26)18-12-8(15(23)24)6-1-5(27-3-7(6)29-12)2-19-13(21)9-10(14(19)22)28-4-17-9/h4-5H,1-3H2,(H,18,20)(H,23,24)(H,25,26). The molecule has 0 radical (unpaired) electrons. The number of carbonyl (C=O) groups excluding carboxylic acids is 3. The Balaban J connectivity index is 1.56. The third-order valence-electron chi connectivity index (χ3n) is 4.45. The van der Waals surface area contributed by atoms with Crippen LogP contribution in [0.5, 0.6) is 0 Å². The van der Waals surface area contributed by atoms with Gasteiger partial charge in [0, 0.05) is 11.3 Å². The summed E-state index contributed by atoms with van der Waals surface area (Å²) < 4.78 is 5.66. The Morgan fingerprint density at radius 2 is 2.03 bits per heavy atom. The molecule has 0 fully saturated rings. The van der Waals surface area contributed by atoms with E-state index < -0.39 is 35.8 Å². The van der Waals surface area contributed by atoms with E-state index in [9.17, 15) is 29.1 Å². The average Bonchev–Trinajstić information content (AvgIpc) is 3.33. The van der Waals surface area contributed by atoms with Gasteiger partial charge in [-0.05, 0) is 5.56 Å². The summed E-state index contributed by atoms with van der Waals surface area (Å²) in [6.07, 6.45) is -0.575. The predicted octanol–water partition coefficient (Wildman–Crippen LogP) is 0.663. The minimum atomic E-state index is -1.74. The molecule has 2 aromatic heterocycles. The number of aromatic carboxylic acids is 1. The van der Waals surface area contributed by atoms with Gasteiger partial charge < -0.3 is 20.3 Å². The van der Waals surface area contributed by atoms with Crippen LogP contribution >= 0.6 is 22.7 Å². The fourth-order valence-corrected chi connectivity index (χ4v) is 5.04. The van der Waals surface area contributed by atoms with Crippen LogP contribution < -0.4 is 5.32 Å². The Bertz CT molecular complexity index is 1060. The van der Waals surface area contributed by atoms with E-state index in [-0.39, 0.29) is 40.7 Å². The zero-order valence-corrected chi connectivity index (χ0v) is 16.0. The number of aliphatic carboxylic acids is 1. The lowest BCUT2D eigenvalue weighted by molar-refractivity contribution is -0.147. The minimum absolute atomic E-state index is 0.00412. The van der Waals surface area contributed by atoms with Crippen molar-refractivity contribution >= 4 is 57.3 Å². The van der Waals surface area contributed by atoms with Crippen molar-refractivity contribution < 1.29 is 38.9 Å². The maximum absolute atomic E-state index is 12.4. The molecule has 2 aliphatic heterocycles. The molecule has 150 valence electrons. The molecule has 2 aliphatic rings. The van der Waals surface area contributed by atoms with Crippen LogP contribution in [0.25, 0.3) is 0 Å². The van der Waals surface area contributed by atoms with Gasteiger partial charge >= 0.3 is 17.8 Å². The molecule has 4 heterocycles. The quantitative estimate of drug-likeness (QED) is 0.460. The summed E-state index contributed by atoms with van der Waals surface area (Å²) in [6, 6.07) is 0. The number of thiophene rings is 1. The van der Waals surface area contributed by atoms with Gasteiger partial charge in [-0.25, -0.2) is 14.6 Å². The van der Waals surface area contributed by atoms with Crippen molar-refractivity contribution in [3.8, 4) is 0 Å². The van der Waals surface area contributed by atoms with Gasteiger partial charge in [0.15, 0.2) is 5.69 Å². The first-order chi connectivity index (χ1) is 13.8. The van der Waals surface area contributed by atoms with Crippen LogP contribution in [0.2, 0.25) is 0 Å². The molecular weight excluding hydrogens is 426 g/mol. The van der Waals surface area contributed by atoms with Crippen molar-refractivity contribution in [2.45, 2.75) is 19.1 Å². The van der Waals surface area contributed by atoms with Crippen molar-refractivity contribution in [2.24, 2.45) is 0 Å². The van der Waals surface area contributed by atoms with Crippen LogP contribution in [-0.4, -0.2) is 62.4 Å². The highest BCUT2D eigenvalue weighted by molar-refractivity contribution is 7.17. The number of fused-ring (bicyclic) bond motifs is 2. The molecule has 0 spiro atoms. The van der Waals surface area contributed by atoms with Crippen LogP contribution in [-0.2, 0) is 27.4 Å². The number of nitrogens with one attached hydrogen (secondary N) is 1. The molecule has 1 atom stereocenters. The summed E-state index contributed by atoms with van der Waals surface area (Å²) in [6.45, 7) is -0.0733. The number of carboxylic acid groups (broad SMARTS) is 2. The number of imide groups is 1. The zero-order valence-electron chi connectivity index (χ0n) is 14.3. The van der Waals surface area contributed by atoms with Crippen LogP contribution in [0.1, 0.15) is 41.0 Å². The second-order valence-corrected chi connectivity index (χ2v) is 8.12. The number of carboxylic acids is 2. The zero-order chi connectivity index (χ0) is 20.9. The van der Waals surface area contributed by atoms with Crippen LogP contribution in [0.4, 0.5) is 5.00 Å². The SMILES string of the molecule is O=C(O)C(=O)Nc1sc2c(c1C(=O)O)CC(CN1C(=O)c3ncsc3C1=O)OC2. The monoisotopic (exact) mass is 437 g/mol. The Hall–Kier alpha value is -3.16. The van der Waals surface area contributed by atoms with Gasteiger partial charge in [0.25, 0.3) is 11.8 Å². The van der Waals surface area contributed by atoms with Crippen LogP contribution in [0.15, 0.2) is 5.51 Å². The smallest absolute Gasteiger partial charge is 0.394 e. The molecule has 13 heteroatoms. The summed E-state index contributed by atoms with van der Waals surface area (Å²) >= 11 is 1.98. The van der Waals surface area contributed by atoms with Crippen LogP contribution in [0, 0.1) is 0 Å². The minimum Gasteiger partial charge on any atom is -0.478 e. The molecule has 2 aromatic rings. The Morgan fingerprint density at radius 1 is 1.28 bits per heavy atom. The second-order valence-electron chi connectivity index (χ2n) is 6.16. The number of aromatic nitrogens is 1. The summed E-state index contributed by atoms with van der Waals surface area (Å²) in [4.78, 5) is 64.3. The molecule has 11 nitrogen and oxygen atoms in total. The molecular formula is C16H11N3O8S2. The highest BCUT2D eigenvalue weighted by Crippen LogP contribution is 2.38. The number of ether oxygens (including phenoxy) is 1. The average molecular weight is 437 g/mol. The van der Waals surface area contributed by atoms with Crippen molar-refractivity contribution in [1.82, 2.24) is 9.88 Å². The first-order valence-corrected chi connectivity index (χ1v) is 9.81. The van der Waals surface area contributed by atoms with E-state index in [1.165, 1.54) is 5.51 Å². The molecule has 0 aromatic carbocycles. The fourth-order valence-electron chi connectivity index (χ4n) is 3.18. The maximum Gasteiger partial charge on any atom is 0.394 e. The van der Waals surface area contributed by atoms with Crippen molar-refractivity contribution in [3.63, 3.8) is 0 Å². The lowest BCUT2D eigenvalue weighted by Gasteiger charge is -2.26. The van der Waals surface area contributed by atoms with E-state index in [1.54, 1.807) is 0 Å². The third-order valence-corrected chi connectivity index (χ3v) is 6.38. The van der Waals surface area contributed by atoms with Crippen molar-refractivity contribution in [3.05, 3.63) is 32.1 Å². The summed E-state index contributed by atoms with van der Waals surface area (Å²) in [5, 5.41) is 20.3. The van der Waals surface area contributed by atoms with E-state index in [4.69, 9.17) is 9.84 Å². The summed E-state index contributed by atoms with van der Waals surface area (Å²) in [7, 11) is 0. The fraction of sp³-hybridized carbons (Fsp3) is 0.250. The van der Waals surface area contributed by atoms with E-state index >= 15 is 0 Å². The number of anilines is 1. The van der Waals surface area contributed by atoms with Gasteiger partial charge in [-0.2, -0.15) is 0 Å². The number of rotatable bonds is 4. The Kier molecular flexibility index (Phi) is 4.64. The third kappa shape index (κ3) is 3.18. The van der Waals surface area contributed by atoms with E-state index in [0.29, 0.717) is 10.4 Å². The van der Waals surface area contributed by atoms with E-state index in [2.05, 4.69) is 10.3 Å². The summed E-state index contributed by atoms with van der Waals surface area (Å²) in [5.41, 5.74) is 1.68. The van der Waals surface area contributed by atoms with Crippen LogP contribution in [0.3, 0.4) is 0 Å². The molecule has 0 saturated heterocycles. The molecule has 0 aliphatic carbocycles. The lowest BCUT2D eigenvalue weighted by atomic mass is 10.0. The van der Waals surface area contributed by atoms with E-state index in [1.807, 2.05) is 0 Å². The largest absolute Gasteiger partial charge is 0.478 e. The Morgan fingerprint density at radius 3 is 2.69 bits per heavy atom. The Labute approximate surface area is 169 Å². The number of hydrogen-bond donors (Lipinski definition) is 3. The number of carbonyl (C=O) groups is 5. The number of nitrogens with zero attached hydrogens (tertiary/aromatic N) is 2. The molecule has 0 saturated carbocycles.